The lowest BCUT2D eigenvalue weighted by molar-refractivity contribution is -0.131. The van der Waals surface area contributed by atoms with Crippen LogP contribution in [0.15, 0.2) is 48.5 Å². The van der Waals surface area contributed by atoms with Crippen molar-refractivity contribution in [2.45, 2.75) is 26.9 Å². The van der Waals surface area contributed by atoms with Gasteiger partial charge in [0.15, 0.2) is 0 Å². The fourth-order valence-corrected chi connectivity index (χ4v) is 4.20. The van der Waals surface area contributed by atoms with Crippen molar-refractivity contribution in [3.05, 3.63) is 82.2 Å². The molecule has 0 saturated heterocycles. The number of benzene rings is 3. The molecule has 1 aliphatic heterocycles. The molecule has 0 saturated carbocycles. The van der Waals surface area contributed by atoms with Gasteiger partial charge in [0.05, 0.1) is 12.2 Å². The monoisotopic (exact) mass is 506 g/mol. The molecule has 0 spiro atoms. The molecule has 0 radical (unpaired) electrons. The number of nitrogens with one attached hydrogen (secondary N) is 1. The zero-order chi connectivity index (χ0) is 26.9. The van der Waals surface area contributed by atoms with E-state index in [2.05, 4.69) is 5.32 Å². The van der Waals surface area contributed by atoms with E-state index < -0.39 is 17.7 Å². The topological polar surface area (TPSA) is 105 Å². The maximum Gasteiger partial charge on any atom is 0.377 e. The summed E-state index contributed by atoms with van der Waals surface area (Å²) in [6, 6.07) is 12.1. The highest BCUT2D eigenvalue weighted by Gasteiger charge is 2.25. The van der Waals surface area contributed by atoms with Gasteiger partial charge in [-0.15, -0.1) is 0 Å². The third kappa shape index (κ3) is 5.40. The molecule has 2 N–H and O–H groups in total. The number of carboxylic acids is 1. The van der Waals surface area contributed by atoms with Crippen molar-refractivity contribution in [3.8, 4) is 11.5 Å². The number of ketones is 1. The van der Waals surface area contributed by atoms with Gasteiger partial charge < -0.3 is 24.8 Å². The van der Waals surface area contributed by atoms with Crippen LogP contribution in [0.4, 0.5) is 15.8 Å². The van der Waals surface area contributed by atoms with E-state index in [0.717, 1.165) is 11.3 Å². The number of aliphatic carboxylic acids is 1. The van der Waals surface area contributed by atoms with Crippen molar-refractivity contribution in [2.75, 3.05) is 30.4 Å². The summed E-state index contributed by atoms with van der Waals surface area (Å²) >= 11 is 0. The number of amides is 1. The summed E-state index contributed by atoms with van der Waals surface area (Å²) in [7, 11) is 1.91. The Morgan fingerprint density at radius 1 is 1.08 bits per heavy atom. The molecule has 1 atom stereocenters. The lowest BCUT2D eigenvalue weighted by atomic mass is 10.0. The molecule has 1 heterocycles. The maximum absolute atomic E-state index is 13.6. The van der Waals surface area contributed by atoms with Gasteiger partial charge in [0.2, 0.25) is 0 Å². The van der Waals surface area contributed by atoms with Crippen LogP contribution >= 0.6 is 0 Å². The molecule has 3 aromatic carbocycles. The van der Waals surface area contributed by atoms with Gasteiger partial charge in [0.25, 0.3) is 11.7 Å². The number of anilines is 2. The summed E-state index contributed by atoms with van der Waals surface area (Å²) in [6.07, 6.45) is -0.314. The average molecular weight is 507 g/mol. The van der Waals surface area contributed by atoms with Gasteiger partial charge in [-0.2, -0.15) is 0 Å². The fraction of sp³-hybridized carbons (Fsp3) is 0.250. The lowest BCUT2D eigenvalue weighted by Crippen LogP contribution is -2.41. The Morgan fingerprint density at radius 3 is 2.57 bits per heavy atom. The van der Waals surface area contributed by atoms with Gasteiger partial charge >= 0.3 is 5.97 Å². The molecular weight excluding hydrogens is 479 g/mol. The smallest absolute Gasteiger partial charge is 0.377 e. The fourth-order valence-electron chi connectivity index (χ4n) is 4.20. The molecule has 37 heavy (non-hydrogen) atoms. The number of rotatable bonds is 7. The Kier molecular flexibility index (Phi) is 7.15. The van der Waals surface area contributed by atoms with E-state index in [9.17, 15) is 18.8 Å². The minimum atomic E-state index is -1.56. The van der Waals surface area contributed by atoms with E-state index in [-0.39, 0.29) is 24.1 Å². The first-order valence-electron chi connectivity index (χ1n) is 11.6. The van der Waals surface area contributed by atoms with Gasteiger partial charge in [-0.1, -0.05) is 12.1 Å². The molecule has 192 valence electrons. The van der Waals surface area contributed by atoms with Crippen molar-refractivity contribution < 1.29 is 33.4 Å². The third-order valence-corrected chi connectivity index (χ3v) is 6.45. The first kappa shape index (κ1) is 25.7. The largest absolute Gasteiger partial charge is 0.489 e. The number of hydrogen-bond acceptors (Lipinski definition) is 6. The van der Waals surface area contributed by atoms with Crippen LogP contribution in [0.25, 0.3) is 0 Å². The molecule has 4 rings (SSSR count). The summed E-state index contributed by atoms with van der Waals surface area (Å²) in [6.45, 7) is 6.20. The van der Waals surface area contributed by atoms with Crippen molar-refractivity contribution in [2.24, 2.45) is 0 Å². The first-order valence-corrected chi connectivity index (χ1v) is 11.6. The van der Waals surface area contributed by atoms with Crippen LogP contribution in [0, 0.1) is 26.6 Å². The average Bonchev–Trinajstić information content (AvgIpc) is 2.85. The molecule has 0 aliphatic carbocycles. The van der Waals surface area contributed by atoms with Crippen LogP contribution < -0.4 is 19.7 Å². The summed E-state index contributed by atoms with van der Waals surface area (Å²) in [5, 5.41) is 11.7. The standard InChI is InChI=1S/C28H27FN2O6/c1-15-5-6-18(26(32)28(34)35)11-22(15)30-27(33)21-8-10-24(17(3)16(21)2)36-14-20-13-31(4)23-9-7-19(29)12-25(23)37-20/h5-12,20H,13-14H2,1-4H3,(H,30,33)(H,34,35)/t20-/m0/s1. The maximum atomic E-state index is 13.6. The van der Waals surface area contributed by atoms with Crippen molar-refractivity contribution in [1.82, 2.24) is 0 Å². The van der Waals surface area contributed by atoms with Gasteiger partial charge in [0, 0.05) is 29.9 Å². The Balaban J connectivity index is 1.46. The number of halogens is 1. The van der Waals surface area contributed by atoms with Gasteiger partial charge in [-0.25, -0.2) is 9.18 Å². The second kappa shape index (κ2) is 10.3. The number of carbonyl (C=O) groups excluding carboxylic acids is 2. The Hall–Kier alpha value is -4.40. The van der Waals surface area contributed by atoms with E-state index >= 15 is 0 Å². The van der Waals surface area contributed by atoms with Crippen molar-refractivity contribution in [1.29, 1.82) is 0 Å². The summed E-state index contributed by atoms with van der Waals surface area (Å²) in [4.78, 5) is 37.9. The van der Waals surface area contributed by atoms with Gasteiger partial charge in [-0.3, -0.25) is 9.59 Å². The number of likely N-dealkylation sites (N-methyl/N-ethyl adjacent to an activating group) is 1. The Morgan fingerprint density at radius 2 is 1.84 bits per heavy atom. The highest BCUT2D eigenvalue weighted by atomic mass is 19.1. The number of carboxylic acid groups (broad SMARTS) is 1. The third-order valence-electron chi connectivity index (χ3n) is 6.45. The zero-order valence-corrected chi connectivity index (χ0v) is 20.9. The van der Waals surface area contributed by atoms with Crippen LogP contribution in [0.1, 0.15) is 37.4 Å². The molecule has 0 aromatic heterocycles. The van der Waals surface area contributed by atoms with Crippen LogP contribution in [-0.4, -0.2) is 49.1 Å². The molecule has 0 fully saturated rings. The minimum Gasteiger partial charge on any atom is -0.489 e. The van der Waals surface area contributed by atoms with Crippen LogP contribution in [0.5, 0.6) is 11.5 Å². The molecule has 1 aliphatic rings. The predicted molar refractivity (Wildman–Crippen MR) is 137 cm³/mol. The van der Waals surface area contributed by atoms with Crippen LogP contribution in [-0.2, 0) is 4.79 Å². The number of aryl methyl sites for hydroxylation is 1. The normalized spacial score (nSPS) is 14.4. The highest BCUT2D eigenvalue weighted by Crippen LogP contribution is 2.33. The van der Waals surface area contributed by atoms with Gasteiger partial charge in [0.1, 0.15) is 30.0 Å². The number of nitrogens with zero attached hydrogens (tertiary/aromatic N) is 1. The van der Waals surface area contributed by atoms with E-state index in [0.29, 0.717) is 40.4 Å². The van der Waals surface area contributed by atoms with Gasteiger partial charge in [-0.05, 0) is 67.8 Å². The van der Waals surface area contributed by atoms with E-state index in [1.807, 2.05) is 18.9 Å². The van der Waals surface area contributed by atoms with Crippen molar-refractivity contribution in [3.63, 3.8) is 0 Å². The Labute approximate surface area is 213 Å². The molecule has 8 nitrogen and oxygen atoms in total. The zero-order valence-electron chi connectivity index (χ0n) is 20.9. The van der Waals surface area contributed by atoms with E-state index in [1.54, 1.807) is 38.1 Å². The molecule has 0 bridgehead atoms. The minimum absolute atomic E-state index is 0.0222. The van der Waals surface area contributed by atoms with Crippen LogP contribution in [0.3, 0.4) is 0 Å². The summed E-state index contributed by atoms with van der Waals surface area (Å²) in [5.74, 6) is -2.33. The number of ether oxygens (including phenoxy) is 2. The quantitative estimate of drug-likeness (QED) is 0.358. The second-order valence-corrected chi connectivity index (χ2v) is 9.02. The molecular formula is C28H27FN2O6. The summed E-state index contributed by atoms with van der Waals surface area (Å²) in [5.41, 5.74) is 3.72. The SMILES string of the molecule is Cc1ccc(C(=O)C(=O)O)cc1NC(=O)c1ccc(OC[C@@H]2CN(C)c3ccc(F)cc3O2)c(C)c1C. The summed E-state index contributed by atoms with van der Waals surface area (Å²) < 4.78 is 25.6. The lowest BCUT2D eigenvalue weighted by Gasteiger charge is -2.33. The van der Waals surface area contributed by atoms with Crippen molar-refractivity contribution >= 4 is 29.0 Å². The van der Waals surface area contributed by atoms with E-state index in [1.165, 1.54) is 24.3 Å². The number of fused-ring (bicyclic) bond motifs is 1. The molecule has 1 amide bonds. The molecule has 3 aromatic rings. The first-order chi connectivity index (χ1) is 17.5. The number of hydrogen-bond donors (Lipinski definition) is 2. The highest BCUT2D eigenvalue weighted by molar-refractivity contribution is 6.40. The number of carbonyl (C=O) groups is 3. The Bertz CT molecular complexity index is 1400. The molecule has 0 unspecified atom stereocenters. The predicted octanol–water partition coefficient (Wildman–Crippen LogP) is 4.55. The second-order valence-electron chi connectivity index (χ2n) is 9.02. The van der Waals surface area contributed by atoms with Crippen LogP contribution in [0.2, 0.25) is 0 Å². The molecule has 9 heteroatoms. The number of Topliss-reactive ketones (excluding diaryl/α,β-unsaturated/α-hetero) is 1. The van der Waals surface area contributed by atoms with E-state index in [4.69, 9.17) is 14.6 Å².